The van der Waals surface area contributed by atoms with E-state index in [0.29, 0.717) is 0 Å². The molecule has 4 heteroatoms. The molecule has 258 valence electrons. The maximum Gasteiger partial charge on any atom is 0.328 e. The van der Waals surface area contributed by atoms with Crippen LogP contribution in [0.15, 0.2) is 97.2 Å². The molecule has 0 aromatic rings. The van der Waals surface area contributed by atoms with Crippen molar-refractivity contribution in [2.45, 2.75) is 142 Å². The van der Waals surface area contributed by atoms with E-state index >= 15 is 0 Å². The van der Waals surface area contributed by atoms with E-state index < -0.39 is 11.9 Å². The van der Waals surface area contributed by atoms with E-state index in [1.807, 2.05) is 18.2 Å². The van der Waals surface area contributed by atoms with E-state index in [-0.39, 0.29) is 11.8 Å². The first-order valence-electron chi connectivity index (χ1n) is 18.2. The zero-order chi connectivity index (χ0) is 33.8. The Bertz CT molecular complexity index is 960. The maximum absolute atomic E-state index is 12.3. The molecule has 2 N–H and O–H groups in total. The monoisotopic (exact) mass is 634 g/mol. The van der Waals surface area contributed by atoms with Crippen LogP contribution in [0.5, 0.6) is 0 Å². The van der Waals surface area contributed by atoms with Crippen LogP contribution < -0.4 is 0 Å². The molecule has 2 unspecified atom stereocenters. The van der Waals surface area contributed by atoms with Crippen LogP contribution in [0.2, 0.25) is 0 Å². The van der Waals surface area contributed by atoms with Crippen LogP contribution in [0.1, 0.15) is 142 Å². The molecular weight excluding hydrogens is 568 g/mol. The minimum absolute atomic E-state index is 0.237. The average Bonchev–Trinajstić information content (AvgIpc) is 3.03. The van der Waals surface area contributed by atoms with Gasteiger partial charge in [0.25, 0.3) is 0 Å². The molecule has 0 saturated carbocycles. The van der Waals surface area contributed by atoms with Gasteiger partial charge in [-0.15, -0.1) is 0 Å². The topological polar surface area (TPSA) is 74.6 Å². The second kappa shape index (κ2) is 34.7. The van der Waals surface area contributed by atoms with Gasteiger partial charge < -0.3 is 10.2 Å². The highest BCUT2D eigenvalue weighted by Crippen LogP contribution is 2.30. The summed E-state index contributed by atoms with van der Waals surface area (Å²) in [5.41, 5.74) is 0. The minimum atomic E-state index is -0.954. The predicted octanol–water partition coefficient (Wildman–Crippen LogP) is 12.7. The zero-order valence-electron chi connectivity index (χ0n) is 29.2. The van der Waals surface area contributed by atoms with Crippen LogP contribution in [0.25, 0.3) is 0 Å². The van der Waals surface area contributed by atoms with Crippen molar-refractivity contribution < 1.29 is 19.8 Å². The summed E-state index contributed by atoms with van der Waals surface area (Å²) < 4.78 is 0. The lowest BCUT2D eigenvalue weighted by Crippen LogP contribution is -2.24. The fraction of sp³-hybridized carbons (Fsp3) is 0.571. The van der Waals surface area contributed by atoms with E-state index in [0.717, 1.165) is 89.5 Å². The molecule has 0 aromatic carbocycles. The van der Waals surface area contributed by atoms with Crippen molar-refractivity contribution in [1.82, 2.24) is 0 Å². The number of hydrogen-bond donors (Lipinski definition) is 2. The van der Waals surface area contributed by atoms with Crippen LogP contribution in [-0.2, 0) is 9.59 Å². The first-order valence-corrected chi connectivity index (χ1v) is 18.2. The van der Waals surface area contributed by atoms with Gasteiger partial charge in [-0.3, -0.25) is 4.79 Å². The fourth-order valence-electron chi connectivity index (χ4n) is 5.37. The minimum Gasteiger partial charge on any atom is -0.481 e. The molecule has 0 spiro atoms. The summed E-state index contributed by atoms with van der Waals surface area (Å²) in [6.07, 6.45) is 53.7. The van der Waals surface area contributed by atoms with Crippen molar-refractivity contribution in [3.8, 4) is 0 Å². The number of carboxylic acid groups (broad SMARTS) is 2. The van der Waals surface area contributed by atoms with Crippen molar-refractivity contribution in [2.24, 2.45) is 11.8 Å². The average molecular weight is 635 g/mol. The highest BCUT2D eigenvalue weighted by molar-refractivity contribution is 5.80. The van der Waals surface area contributed by atoms with Crippen LogP contribution in [0.4, 0.5) is 0 Å². The Morgan fingerprint density at radius 3 is 1.46 bits per heavy atom. The molecule has 0 fully saturated rings. The first kappa shape index (κ1) is 42.9. The smallest absolute Gasteiger partial charge is 0.328 e. The number of rotatable bonds is 31. The van der Waals surface area contributed by atoms with Crippen LogP contribution in [0, 0.1) is 11.8 Å². The summed E-state index contributed by atoms with van der Waals surface area (Å²) in [6, 6.07) is 0. The van der Waals surface area contributed by atoms with Gasteiger partial charge in [0.1, 0.15) is 0 Å². The highest BCUT2D eigenvalue weighted by Gasteiger charge is 2.26. The first-order chi connectivity index (χ1) is 22.5. The highest BCUT2D eigenvalue weighted by atomic mass is 16.4. The van der Waals surface area contributed by atoms with Crippen LogP contribution >= 0.6 is 0 Å². The van der Waals surface area contributed by atoms with Gasteiger partial charge in [0, 0.05) is 6.08 Å². The molecule has 0 saturated heterocycles. The Labute approximate surface area is 282 Å². The standard InChI is InChI=1S/C42H66O4/c1-3-5-7-9-10-11-12-13-14-15-16-17-18-19-23-26-29-33-37-40(42(45)46)39(35-31-8-6-4-2)36-32-28-25-22-20-21-24-27-30-34-38-41(43)44/h10-11,13-14,16-17,19-24,27,30,34,38-40H,3-9,12,15,18,25-26,28-29,31-33,35-37H2,1-2H3,(H,43,44)(H,45,46). The molecule has 0 aliphatic heterocycles. The van der Waals surface area contributed by atoms with Gasteiger partial charge in [0.2, 0.25) is 0 Å². The zero-order valence-corrected chi connectivity index (χ0v) is 29.2. The van der Waals surface area contributed by atoms with E-state index in [2.05, 4.69) is 68.5 Å². The predicted molar refractivity (Wildman–Crippen MR) is 199 cm³/mol. The molecule has 2 atom stereocenters. The third-order valence-corrected chi connectivity index (χ3v) is 8.03. The molecule has 0 rings (SSSR count). The van der Waals surface area contributed by atoms with Gasteiger partial charge in [-0.25, -0.2) is 4.79 Å². The molecule has 0 aliphatic carbocycles. The Morgan fingerprint density at radius 1 is 0.478 bits per heavy atom. The molecule has 46 heavy (non-hydrogen) atoms. The summed E-state index contributed by atoms with van der Waals surface area (Å²) >= 11 is 0. The molecule has 0 aromatic heterocycles. The van der Waals surface area contributed by atoms with Crippen molar-refractivity contribution in [3.63, 3.8) is 0 Å². The normalized spacial score (nSPS) is 14.2. The van der Waals surface area contributed by atoms with E-state index in [9.17, 15) is 14.7 Å². The van der Waals surface area contributed by atoms with E-state index in [1.165, 1.54) is 51.0 Å². The summed E-state index contributed by atoms with van der Waals surface area (Å²) in [5, 5.41) is 18.7. The molecule has 0 heterocycles. The van der Waals surface area contributed by atoms with Crippen molar-refractivity contribution in [2.75, 3.05) is 0 Å². The molecular formula is C42H66O4. The second-order valence-electron chi connectivity index (χ2n) is 12.1. The maximum atomic E-state index is 12.3. The number of unbranched alkanes of at least 4 members (excludes halogenated alkanes) is 10. The largest absolute Gasteiger partial charge is 0.481 e. The molecule has 0 radical (unpaired) electrons. The lowest BCUT2D eigenvalue weighted by atomic mass is 9.80. The fourth-order valence-corrected chi connectivity index (χ4v) is 5.37. The Morgan fingerprint density at radius 2 is 0.913 bits per heavy atom. The summed E-state index contributed by atoms with van der Waals surface area (Å²) in [7, 11) is 0. The molecule has 0 aliphatic rings. The van der Waals surface area contributed by atoms with Crippen molar-refractivity contribution in [1.29, 1.82) is 0 Å². The van der Waals surface area contributed by atoms with Crippen LogP contribution in [0.3, 0.4) is 0 Å². The Kier molecular flexibility index (Phi) is 32.4. The van der Waals surface area contributed by atoms with Gasteiger partial charge >= 0.3 is 11.9 Å². The summed E-state index contributed by atoms with van der Waals surface area (Å²) in [6.45, 7) is 4.45. The van der Waals surface area contributed by atoms with Gasteiger partial charge in [-0.05, 0) is 83.0 Å². The Balaban J connectivity index is 4.40. The Hall–Kier alpha value is -3.14. The number of carbonyl (C=O) groups is 2. The second-order valence-corrected chi connectivity index (χ2v) is 12.1. The van der Waals surface area contributed by atoms with Gasteiger partial charge in [-0.2, -0.15) is 0 Å². The third kappa shape index (κ3) is 30.9. The van der Waals surface area contributed by atoms with E-state index in [4.69, 9.17) is 5.11 Å². The van der Waals surface area contributed by atoms with Gasteiger partial charge in [0.15, 0.2) is 0 Å². The quantitative estimate of drug-likeness (QED) is 0.0344. The summed E-state index contributed by atoms with van der Waals surface area (Å²) in [4.78, 5) is 22.7. The summed E-state index contributed by atoms with van der Waals surface area (Å²) in [5.74, 6) is -1.54. The van der Waals surface area contributed by atoms with E-state index in [1.54, 1.807) is 12.2 Å². The SMILES string of the molecule is CCCCCC=CCC=CCC=CCC=CCCCCC(C(=O)O)C(CCCCC=CC=CC=CC=CC(=O)O)CCCCCC. The number of carboxylic acids is 2. The lowest BCUT2D eigenvalue weighted by Gasteiger charge is -2.24. The van der Waals surface area contributed by atoms with Crippen molar-refractivity contribution >= 4 is 11.9 Å². The number of hydrogen-bond acceptors (Lipinski definition) is 2. The molecule has 0 bridgehead atoms. The lowest BCUT2D eigenvalue weighted by molar-refractivity contribution is -0.144. The van der Waals surface area contributed by atoms with Gasteiger partial charge in [0.05, 0.1) is 5.92 Å². The number of allylic oxidation sites excluding steroid dienone is 15. The molecule has 0 amide bonds. The third-order valence-electron chi connectivity index (χ3n) is 8.03. The van der Waals surface area contributed by atoms with Crippen LogP contribution in [-0.4, -0.2) is 22.2 Å². The van der Waals surface area contributed by atoms with Gasteiger partial charge in [-0.1, -0.05) is 156 Å². The number of aliphatic carboxylic acids is 2. The van der Waals surface area contributed by atoms with Crippen molar-refractivity contribution in [3.05, 3.63) is 97.2 Å². The molecule has 4 nitrogen and oxygen atoms in total.